The second-order valence-corrected chi connectivity index (χ2v) is 8.60. The number of carbonyl (C=O) groups excluding carboxylic acids is 1. The first kappa shape index (κ1) is 17.3. The summed E-state index contributed by atoms with van der Waals surface area (Å²) in [6.07, 6.45) is 1.07. The van der Waals surface area contributed by atoms with Gasteiger partial charge >= 0.3 is 0 Å². The largest absolute Gasteiger partial charge is 0.385 e. The molecule has 0 bridgehead atoms. The molecule has 24 heavy (non-hydrogen) atoms. The number of carbonyl (C=O) groups is 1. The van der Waals surface area contributed by atoms with Crippen LogP contribution in [0.3, 0.4) is 0 Å². The molecule has 1 aromatic carbocycles. The van der Waals surface area contributed by atoms with Crippen LogP contribution in [-0.4, -0.2) is 23.6 Å². The Morgan fingerprint density at radius 2 is 1.75 bits per heavy atom. The molecule has 0 aromatic heterocycles. The lowest BCUT2D eigenvalue weighted by atomic mass is 9.70. The van der Waals surface area contributed by atoms with Gasteiger partial charge in [-0.1, -0.05) is 13.8 Å². The number of anilines is 2. The highest BCUT2D eigenvalue weighted by Gasteiger charge is 2.46. The average molecular weight is 330 g/mol. The monoisotopic (exact) mass is 330 g/mol. The summed E-state index contributed by atoms with van der Waals surface area (Å²) in [6, 6.07) is 0. The van der Waals surface area contributed by atoms with Gasteiger partial charge in [0.15, 0.2) is 0 Å². The molecule has 1 aromatic rings. The maximum Gasteiger partial charge on any atom is 0.230 e. The van der Waals surface area contributed by atoms with E-state index in [1.165, 1.54) is 11.3 Å². The maximum absolute atomic E-state index is 12.4. The Morgan fingerprint density at radius 3 is 2.33 bits per heavy atom. The number of hydrogen-bond acceptors (Lipinski definition) is 3. The molecule has 0 saturated heterocycles. The predicted octanol–water partition coefficient (Wildman–Crippen LogP) is 3.82. The van der Waals surface area contributed by atoms with Gasteiger partial charge in [-0.15, -0.1) is 0 Å². The molecule has 2 heterocycles. The molecule has 2 aliphatic rings. The standard InChI is InChI=1S/C20H30N2O2/c1-10-9-19(5,6)22(8)17-12(3)16-15(11(2)14(10)17)20(7,24)13(4)18(23)21-16/h10,13,24H,9H2,1-8H3,(H,21,23). The molecule has 2 aliphatic heterocycles. The fraction of sp³-hybridized carbons (Fsp3) is 0.650. The zero-order chi connectivity index (χ0) is 18.2. The fourth-order valence-electron chi connectivity index (χ4n) is 4.83. The van der Waals surface area contributed by atoms with Gasteiger partial charge in [0.25, 0.3) is 0 Å². The molecule has 4 heteroatoms. The van der Waals surface area contributed by atoms with Crippen molar-refractivity contribution in [2.45, 2.75) is 71.9 Å². The highest BCUT2D eigenvalue weighted by Crippen LogP contribution is 2.53. The SMILES string of the molecule is Cc1c2c(c(C)c3c1N(C)C(C)(C)CC3C)C(C)(O)C(C)C(=O)N2. The van der Waals surface area contributed by atoms with Crippen molar-refractivity contribution in [3.63, 3.8) is 0 Å². The summed E-state index contributed by atoms with van der Waals surface area (Å²) >= 11 is 0. The van der Waals surface area contributed by atoms with Crippen LogP contribution >= 0.6 is 0 Å². The van der Waals surface area contributed by atoms with Crippen molar-refractivity contribution in [2.75, 3.05) is 17.3 Å². The van der Waals surface area contributed by atoms with Crippen molar-refractivity contribution < 1.29 is 9.90 Å². The number of aliphatic hydroxyl groups is 1. The number of nitrogens with zero attached hydrogens (tertiary/aromatic N) is 1. The average Bonchev–Trinajstić information content (AvgIpc) is 2.45. The molecule has 4 nitrogen and oxygen atoms in total. The summed E-state index contributed by atoms with van der Waals surface area (Å²) in [5.41, 5.74) is 5.32. The molecule has 1 amide bonds. The van der Waals surface area contributed by atoms with Crippen molar-refractivity contribution in [2.24, 2.45) is 5.92 Å². The summed E-state index contributed by atoms with van der Waals surface area (Å²) in [6.45, 7) is 14.5. The lowest BCUT2D eigenvalue weighted by Crippen LogP contribution is -2.48. The number of rotatable bonds is 0. The molecule has 2 N–H and O–H groups in total. The summed E-state index contributed by atoms with van der Waals surface area (Å²) < 4.78 is 0. The fourth-order valence-corrected chi connectivity index (χ4v) is 4.83. The van der Waals surface area contributed by atoms with Crippen LogP contribution in [-0.2, 0) is 10.4 Å². The zero-order valence-corrected chi connectivity index (χ0v) is 16.2. The predicted molar refractivity (Wildman–Crippen MR) is 98.8 cm³/mol. The van der Waals surface area contributed by atoms with Crippen molar-refractivity contribution in [1.82, 2.24) is 0 Å². The molecule has 0 radical (unpaired) electrons. The number of amides is 1. The Morgan fingerprint density at radius 1 is 1.17 bits per heavy atom. The van der Waals surface area contributed by atoms with Crippen LogP contribution in [0.25, 0.3) is 0 Å². The molecule has 0 saturated carbocycles. The normalized spacial score (nSPS) is 31.4. The third-order valence-corrected chi connectivity index (χ3v) is 6.55. The maximum atomic E-state index is 12.4. The quantitative estimate of drug-likeness (QED) is 0.760. The van der Waals surface area contributed by atoms with E-state index in [0.717, 1.165) is 28.8 Å². The van der Waals surface area contributed by atoms with Gasteiger partial charge in [-0.05, 0) is 63.6 Å². The van der Waals surface area contributed by atoms with Crippen LogP contribution < -0.4 is 10.2 Å². The third-order valence-electron chi connectivity index (χ3n) is 6.55. The summed E-state index contributed by atoms with van der Waals surface area (Å²) in [5, 5.41) is 14.2. The van der Waals surface area contributed by atoms with E-state index in [2.05, 4.69) is 51.9 Å². The van der Waals surface area contributed by atoms with Gasteiger partial charge < -0.3 is 15.3 Å². The van der Waals surface area contributed by atoms with Gasteiger partial charge in [0.05, 0.1) is 11.6 Å². The zero-order valence-electron chi connectivity index (χ0n) is 16.2. The first-order valence-corrected chi connectivity index (χ1v) is 8.85. The Bertz CT molecular complexity index is 734. The van der Waals surface area contributed by atoms with Gasteiger partial charge in [-0.2, -0.15) is 0 Å². The van der Waals surface area contributed by atoms with Crippen molar-refractivity contribution in [3.8, 4) is 0 Å². The van der Waals surface area contributed by atoms with Crippen molar-refractivity contribution in [3.05, 3.63) is 22.3 Å². The first-order chi connectivity index (χ1) is 10.9. The van der Waals surface area contributed by atoms with Crippen molar-refractivity contribution >= 4 is 17.3 Å². The number of benzene rings is 1. The number of hydrogen-bond donors (Lipinski definition) is 2. The van der Waals surface area contributed by atoms with Gasteiger partial charge in [0, 0.05) is 23.8 Å². The van der Waals surface area contributed by atoms with Crippen LogP contribution in [0.2, 0.25) is 0 Å². The third kappa shape index (κ3) is 2.05. The van der Waals surface area contributed by atoms with E-state index in [1.807, 2.05) is 0 Å². The minimum Gasteiger partial charge on any atom is -0.385 e. The molecular formula is C20H30N2O2. The first-order valence-electron chi connectivity index (χ1n) is 8.85. The number of fused-ring (bicyclic) bond motifs is 2. The second-order valence-electron chi connectivity index (χ2n) is 8.60. The van der Waals surface area contributed by atoms with Crippen LogP contribution in [0.4, 0.5) is 11.4 Å². The minimum atomic E-state index is -1.15. The molecule has 3 unspecified atom stereocenters. The van der Waals surface area contributed by atoms with E-state index in [4.69, 9.17) is 0 Å². The molecule has 0 aliphatic carbocycles. The second kappa shape index (κ2) is 4.98. The summed E-state index contributed by atoms with van der Waals surface area (Å²) in [5.74, 6) is -0.158. The van der Waals surface area contributed by atoms with Gasteiger partial charge in [-0.3, -0.25) is 4.79 Å². The van der Waals surface area contributed by atoms with Gasteiger partial charge in [0.1, 0.15) is 5.60 Å². The smallest absolute Gasteiger partial charge is 0.230 e. The molecular weight excluding hydrogens is 300 g/mol. The van der Waals surface area contributed by atoms with Crippen LogP contribution in [0, 0.1) is 19.8 Å². The van der Waals surface area contributed by atoms with Crippen molar-refractivity contribution in [1.29, 1.82) is 0 Å². The topological polar surface area (TPSA) is 52.6 Å². The lowest BCUT2D eigenvalue weighted by molar-refractivity contribution is -0.128. The molecule has 3 rings (SSSR count). The van der Waals surface area contributed by atoms with E-state index < -0.39 is 11.5 Å². The Labute approximate surface area is 145 Å². The summed E-state index contributed by atoms with van der Waals surface area (Å²) in [4.78, 5) is 14.7. The highest BCUT2D eigenvalue weighted by atomic mass is 16.3. The van der Waals surface area contributed by atoms with Crippen LogP contribution in [0.1, 0.15) is 69.2 Å². The molecule has 3 atom stereocenters. The molecule has 0 fully saturated rings. The van der Waals surface area contributed by atoms with Crippen LogP contribution in [0.5, 0.6) is 0 Å². The van der Waals surface area contributed by atoms with E-state index in [0.29, 0.717) is 5.92 Å². The summed E-state index contributed by atoms with van der Waals surface area (Å²) in [7, 11) is 2.13. The molecule has 0 spiro atoms. The van der Waals surface area contributed by atoms with E-state index in [9.17, 15) is 9.90 Å². The lowest BCUT2D eigenvalue weighted by Gasteiger charge is -2.49. The van der Waals surface area contributed by atoms with E-state index >= 15 is 0 Å². The van der Waals surface area contributed by atoms with Gasteiger partial charge in [0.2, 0.25) is 5.91 Å². The Hall–Kier alpha value is -1.55. The minimum absolute atomic E-state index is 0.0618. The molecule has 132 valence electrons. The Balaban J connectivity index is 2.39. The highest BCUT2D eigenvalue weighted by molar-refractivity contribution is 5.99. The Kier molecular flexibility index (Phi) is 3.58. The van der Waals surface area contributed by atoms with Crippen LogP contribution in [0.15, 0.2) is 0 Å². The van der Waals surface area contributed by atoms with Gasteiger partial charge in [-0.25, -0.2) is 0 Å². The van der Waals surface area contributed by atoms with E-state index in [1.54, 1.807) is 13.8 Å². The number of nitrogens with one attached hydrogen (secondary N) is 1. The van der Waals surface area contributed by atoms with E-state index in [-0.39, 0.29) is 11.4 Å².